The molecule has 0 fully saturated rings. The number of carbonyl (C=O) groups is 2. The topological polar surface area (TPSA) is 98.0 Å². The summed E-state index contributed by atoms with van der Waals surface area (Å²) in [6, 6.07) is 17.4. The van der Waals surface area contributed by atoms with Gasteiger partial charge in [0.2, 0.25) is 0 Å². The Morgan fingerprint density at radius 3 is 2.37 bits per heavy atom. The van der Waals surface area contributed by atoms with Crippen LogP contribution in [-0.2, 0) is 27.5 Å². The lowest BCUT2D eigenvalue weighted by molar-refractivity contribution is -0.141. The monoisotopic (exact) mass is 409 g/mol. The van der Waals surface area contributed by atoms with Crippen LogP contribution in [0.4, 0.5) is 0 Å². The highest BCUT2D eigenvalue weighted by atomic mass is 16.5. The summed E-state index contributed by atoms with van der Waals surface area (Å²) in [5, 5.41) is 11.8. The van der Waals surface area contributed by atoms with Crippen LogP contribution >= 0.6 is 0 Å². The third-order valence-corrected chi connectivity index (χ3v) is 4.42. The molecule has 0 radical (unpaired) electrons. The first kappa shape index (κ1) is 21.3. The third kappa shape index (κ3) is 5.79. The van der Waals surface area contributed by atoms with Crippen molar-refractivity contribution in [2.24, 2.45) is 0 Å². The maximum Gasteiger partial charge on any atom is 0.328 e. The molecule has 1 unspecified atom stereocenters. The highest BCUT2D eigenvalue weighted by molar-refractivity contribution is 5.95. The standard InChI is InChI=1S/C23H23NO6/c1-28-12-17-7-9-18(10-8-17)19-11-21(30-14-19)22(25)24-20(23(26)27)15-29-13-16-5-3-2-4-6-16/h2-11,14,20H,12-13,15H2,1H3,(H,24,25)(H,26,27). The summed E-state index contributed by atoms with van der Waals surface area (Å²) >= 11 is 0. The van der Waals surface area contributed by atoms with Gasteiger partial charge in [0.05, 0.1) is 26.1 Å². The van der Waals surface area contributed by atoms with Crippen molar-refractivity contribution < 1.29 is 28.6 Å². The number of nitrogens with one attached hydrogen (secondary N) is 1. The van der Waals surface area contributed by atoms with E-state index < -0.39 is 17.9 Å². The zero-order valence-corrected chi connectivity index (χ0v) is 16.5. The third-order valence-electron chi connectivity index (χ3n) is 4.42. The van der Waals surface area contributed by atoms with Crippen LogP contribution in [0, 0.1) is 0 Å². The SMILES string of the molecule is COCc1ccc(-c2coc(C(=O)NC(COCc3ccccc3)C(=O)O)c2)cc1. The van der Waals surface area contributed by atoms with Gasteiger partial charge in [0.1, 0.15) is 0 Å². The Balaban J connectivity index is 1.58. The van der Waals surface area contributed by atoms with E-state index in [1.165, 1.54) is 6.26 Å². The molecule has 1 heterocycles. The maximum absolute atomic E-state index is 12.4. The van der Waals surface area contributed by atoms with E-state index in [-0.39, 0.29) is 19.0 Å². The Kier molecular flexibility index (Phi) is 7.37. The summed E-state index contributed by atoms with van der Waals surface area (Å²) in [4.78, 5) is 23.9. The van der Waals surface area contributed by atoms with Gasteiger partial charge in [0, 0.05) is 12.7 Å². The molecule has 0 saturated carbocycles. The summed E-state index contributed by atoms with van der Waals surface area (Å²) in [5.74, 6) is -1.77. The van der Waals surface area contributed by atoms with E-state index in [1.807, 2.05) is 54.6 Å². The summed E-state index contributed by atoms with van der Waals surface area (Å²) in [6.07, 6.45) is 1.46. The highest BCUT2D eigenvalue weighted by Gasteiger charge is 2.23. The fourth-order valence-corrected chi connectivity index (χ4v) is 2.84. The lowest BCUT2D eigenvalue weighted by Crippen LogP contribution is -2.43. The minimum atomic E-state index is -1.19. The number of carbonyl (C=O) groups excluding carboxylic acids is 1. The fraction of sp³-hybridized carbons (Fsp3) is 0.217. The van der Waals surface area contributed by atoms with Crippen LogP contribution in [0.15, 0.2) is 71.3 Å². The lowest BCUT2D eigenvalue weighted by atomic mass is 10.1. The summed E-state index contributed by atoms with van der Waals surface area (Å²) < 4.78 is 15.9. The Morgan fingerprint density at radius 2 is 1.70 bits per heavy atom. The molecule has 7 heteroatoms. The molecular weight excluding hydrogens is 386 g/mol. The van der Waals surface area contributed by atoms with Crippen LogP contribution in [0.2, 0.25) is 0 Å². The number of amides is 1. The summed E-state index contributed by atoms with van der Waals surface area (Å²) in [6.45, 7) is 0.608. The maximum atomic E-state index is 12.4. The number of hydrogen-bond acceptors (Lipinski definition) is 5. The quantitative estimate of drug-likeness (QED) is 0.532. The highest BCUT2D eigenvalue weighted by Crippen LogP contribution is 2.23. The second kappa shape index (κ2) is 10.4. The van der Waals surface area contributed by atoms with E-state index in [0.29, 0.717) is 6.61 Å². The number of benzene rings is 2. The zero-order valence-electron chi connectivity index (χ0n) is 16.5. The number of carboxylic acid groups (broad SMARTS) is 1. The Hall–Kier alpha value is -3.42. The number of methoxy groups -OCH3 is 1. The van der Waals surface area contributed by atoms with E-state index in [0.717, 1.165) is 22.3 Å². The molecule has 2 aromatic carbocycles. The molecule has 3 rings (SSSR count). The number of rotatable bonds is 10. The van der Waals surface area contributed by atoms with Crippen molar-refractivity contribution in [2.45, 2.75) is 19.3 Å². The molecule has 0 aliphatic rings. The normalized spacial score (nSPS) is 11.8. The average molecular weight is 409 g/mol. The molecule has 156 valence electrons. The molecule has 30 heavy (non-hydrogen) atoms. The Morgan fingerprint density at radius 1 is 1.00 bits per heavy atom. The van der Waals surface area contributed by atoms with Crippen molar-refractivity contribution in [1.82, 2.24) is 5.32 Å². The van der Waals surface area contributed by atoms with Gasteiger partial charge >= 0.3 is 5.97 Å². The predicted molar refractivity (Wildman–Crippen MR) is 110 cm³/mol. The zero-order chi connectivity index (χ0) is 21.3. The molecule has 1 atom stereocenters. The molecule has 0 spiro atoms. The minimum absolute atomic E-state index is 0.0280. The summed E-state index contributed by atoms with van der Waals surface area (Å²) in [7, 11) is 1.63. The molecule has 0 bridgehead atoms. The second-order valence-corrected chi connectivity index (χ2v) is 6.69. The van der Waals surface area contributed by atoms with E-state index in [9.17, 15) is 14.7 Å². The molecule has 3 aromatic rings. The number of furan rings is 1. The first-order valence-corrected chi connectivity index (χ1v) is 9.39. The van der Waals surface area contributed by atoms with Gasteiger partial charge in [-0.25, -0.2) is 4.79 Å². The number of aliphatic carboxylic acids is 1. The molecule has 0 aliphatic carbocycles. The Bertz CT molecular complexity index is 965. The second-order valence-electron chi connectivity index (χ2n) is 6.69. The summed E-state index contributed by atoms with van der Waals surface area (Å²) in [5.41, 5.74) is 3.54. The number of carboxylic acids is 1. The van der Waals surface area contributed by atoms with Crippen LogP contribution in [0.1, 0.15) is 21.7 Å². The van der Waals surface area contributed by atoms with Crippen molar-refractivity contribution in [1.29, 1.82) is 0 Å². The molecule has 0 saturated heterocycles. The van der Waals surface area contributed by atoms with Gasteiger partial charge in [-0.1, -0.05) is 54.6 Å². The van der Waals surface area contributed by atoms with Crippen molar-refractivity contribution in [3.05, 3.63) is 83.8 Å². The first-order valence-electron chi connectivity index (χ1n) is 9.39. The van der Waals surface area contributed by atoms with Crippen LogP contribution in [0.5, 0.6) is 0 Å². The van der Waals surface area contributed by atoms with Crippen molar-refractivity contribution in [3.8, 4) is 11.1 Å². The van der Waals surface area contributed by atoms with Crippen LogP contribution in [0.3, 0.4) is 0 Å². The van der Waals surface area contributed by atoms with Gasteiger partial charge in [0.15, 0.2) is 11.8 Å². The van der Waals surface area contributed by atoms with Gasteiger partial charge in [0.25, 0.3) is 5.91 Å². The van der Waals surface area contributed by atoms with Crippen LogP contribution < -0.4 is 5.32 Å². The van der Waals surface area contributed by atoms with Gasteiger partial charge in [-0.2, -0.15) is 0 Å². The molecule has 1 amide bonds. The molecule has 1 aromatic heterocycles. The van der Waals surface area contributed by atoms with Crippen LogP contribution in [0.25, 0.3) is 11.1 Å². The van der Waals surface area contributed by atoms with E-state index in [1.54, 1.807) is 13.2 Å². The van der Waals surface area contributed by atoms with E-state index in [2.05, 4.69) is 5.32 Å². The van der Waals surface area contributed by atoms with E-state index in [4.69, 9.17) is 13.9 Å². The molecule has 0 aliphatic heterocycles. The smallest absolute Gasteiger partial charge is 0.328 e. The van der Waals surface area contributed by atoms with E-state index >= 15 is 0 Å². The van der Waals surface area contributed by atoms with Crippen molar-refractivity contribution >= 4 is 11.9 Å². The molecule has 2 N–H and O–H groups in total. The fourth-order valence-electron chi connectivity index (χ4n) is 2.84. The minimum Gasteiger partial charge on any atom is -0.480 e. The average Bonchev–Trinajstić information content (AvgIpc) is 3.25. The molecule has 7 nitrogen and oxygen atoms in total. The lowest BCUT2D eigenvalue weighted by Gasteiger charge is -2.14. The first-order chi connectivity index (χ1) is 14.6. The predicted octanol–water partition coefficient (Wildman–Crippen LogP) is 3.49. The molecular formula is C23H23NO6. The van der Waals surface area contributed by atoms with Crippen molar-refractivity contribution in [2.75, 3.05) is 13.7 Å². The number of ether oxygens (including phenoxy) is 2. The largest absolute Gasteiger partial charge is 0.480 e. The van der Waals surface area contributed by atoms with Gasteiger partial charge in [-0.3, -0.25) is 4.79 Å². The van der Waals surface area contributed by atoms with Gasteiger partial charge in [-0.15, -0.1) is 0 Å². The van der Waals surface area contributed by atoms with Gasteiger partial charge < -0.3 is 24.3 Å². The van der Waals surface area contributed by atoms with Crippen molar-refractivity contribution in [3.63, 3.8) is 0 Å². The van der Waals surface area contributed by atoms with Gasteiger partial charge in [-0.05, 0) is 22.8 Å². The van der Waals surface area contributed by atoms with Crippen LogP contribution in [-0.4, -0.2) is 36.7 Å². The number of hydrogen-bond donors (Lipinski definition) is 2. The Labute approximate surface area is 174 Å².